The Morgan fingerprint density at radius 1 is 1.00 bits per heavy atom. The molecule has 1 atom stereocenters. The second kappa shape index (κ2) is 6.89. The number of rotatable bonds is 3. The number of aromatic nitrogens is 3. The van der Waals surface area contributed by atoms with Crippen molar-refractivity contribution in [1.82, 2.24) is 20.1 Å². The molecule has 5 nitrogen and oxygen atoms in total. The highest BCUT2D eigenvalue weighted by Gasteiger charge is 2.31. The number of piperidine rings is 1. The third-order valence-electron chi connectivity index (χ3n) is 4.63. The molecule has 0 radical (unpaired) electrons. The molecular weight excluding hydrogens is 312 g/mol. The van der Waals surface area contributed by atoms with Crippen LogP contribution in [-0.2, 0) is 0 Å². The highest BCUT2D eigenvalue weighted by molar-refractivity contribution is 5.94. The van der Waals surface area contributed by atoms with Crippen LogP contribution in [0.2, 0.25) is 0 Å². The van der Waals surface area contributed by atoms with Crippen LogP contribution in [0.5, 0.6) is 0 Å². The fraction of sp³-hybridized carbons (Fsp3) is 0.250. The molecule has 2 aromatic carbocycles. The lowest BCUT2D eigenvalue weighted by atomic mass is 10.00. The fourth-order valence-electron chi connectivity index (χ4n) is 3.35. The Bertz CT molecular complexity index is 844. The van der Waals surface area contributed by atoms with E-state index in [0.717, 1.165) is 42.8 Å². The minimum atomic E-state index is -0.0496. The van der Waals surface area contributed by atoms with Crippen LogP contribution in [0.1, 0.15) is 41.5 Å². The first-order valence-corrected chi connectivity index (χ1v) is 8.66. The van der Waals surface area contributed by atoms with E-state index in [4.69, 9.17) is 0 Å². The van der Waals surface area contributed by atoms with Gasteiger partial charge in [-0.3, -0.25) is 9.89 Å². The van der Waals surface area contributed by atoms with E-state index in [1.54, 1.807) is 0 Å². The summed E-state index contributed by atoms with van der Waals surface area (Å²) in [6.45, 7) is 0.750. The van der Waals surface area contributed by atoms with E-state index >= 15 is 0 Å². The molecule has 1 unspecified atom stereocenters. The highest BCUT2D eigenvalue weighted by atomic mass is 16.2. The Morgan fingerprint density at radius 2 is 1.72 bits per heavy atom. The number of H-pyrrole nitrogens is 1. The molecule has 0 saturated carbocycles. The first kappa shape index (κ1) is 15.6. The summed E-state index contributed by atoms with van der Waals surface area (Å²) in [5, 5.41) is 7.41. The van der Waals surface area contributed by atoms with Gasteiger partial charge in [0.1, 0.15) is 5.82 Å². The summed E-state index contributed by atoms with van der Waals surface area (Å²) in [5.74, 6) is 1.50. The van der Waals surface area contributed by atoms with Gasteiger partial charge in [-0.25, -0.2) is 4.98 Å². The van der Waals surface area contributed by atoms with Crippen molar-refractivity contribution < 1.29 is 4.79 Å². The molecule has 2 heterocycles. The van der Waals surface area contributed by atoms with E-state index in [-0.39, 0.29) is 11.9 Å². The van der Waals surface area contributed by atoms with E-state index in [2.05, 4.69) is 15.2 Å². The standard InChI is InChI=1S/C20H20N4O/c25-20(16-11-5-2-6-12-16)24-14-8-7-13-17(24)19-21-18(22-23-19)15-9-3-1-4-10-15/h1-6,9-12,17H,7-8,13-14H2,(H,21,22,23). The average Bonchev–Trinajstić information content (AvgIpc) is 3.19. The first-order chi connectivity index (χ1) is 12.3. The van der Waals surface area contributed by atoms with Gasteiger partial charge in [0.25, 0.3) is 5.91 Å². The summed E-state index contributed by atoms with van der Waals surface area (Å²) >= 11 is 0. The molecule has 5 heteroatoms. The number of amides is 1. The van der Waals surface area contributed by atoms with Crippen LogP contribution in [0.4, 0.5) is 0 Å². The van der Waals surface area contributed by atoms with Crippen LogP contribution >= 0.6 is 0 Å². The molecule has 126 valence electrons. The summed E-state index contributed by atoms with van der Waals surface area (Å²) in [6, 6.07) is 19.3. The smallest absolute Gasteiger partial charge is 0.254 e. The molecule has 1 amide bonds. The van der Waals surface area contributed by atoms with Crippen molar-refractivity contribution in [2.75, 3.05) is 6.54 Å². The number of nitrogens with one attached hydrogen (secondary N) is 1. The minimum Gasteiger partial charge on any atom is -0.328 e. The minimum absolute atomic E-state index is 0.0496. The predicted molar refractivity (Wildman–Crippen MR) is 95.9 cm³/mol. The number of carbonyl (C=O) groups excluding carboxylic acids is 1. The maximum Gasteiger partial charge on any atom is 0.254 e. The van der Waals surface area contributed by atoms with Crippen molar-refractivity contribution in [3.63, 3.8) is 0 Å². The normalized spacial score (nSPS) is 17.4. The quantitative estimate of drug-likeness (QED) is 0.792. The van der Waals surface area contributed by atoms with Gasteiger partial charge in [0.05, 0.1) is 6.04 Å². The lowest BCUT2D eigenvalue weighted by Gasteiger charge is -2.34. The number of likely N-dealkylation sites (tertiary alicyclic amines) is 1. The number of hydrogen-bond acceptors (Lipinski definition) is 3. The topological polar surface area (TPSA) is 61.9 Å². The summed E-state index contributed by atoms with van der Waals surface area (Å²) in [7, 11) is 0. The molecule has 1 aromatic heterocycles. The third kappa shape index (κ3) is 3.18. The van der Waals surface area contributed by atoms with Gasteiger partial charge in [0.15, 0.2) is 5.82 Å². The molecule has 1 fully saturated rings. The van der Waals surface area contributed by atoms with E-state index in [1.165, 1.54) is 0 Å². The number of aromatic amines is 1. The van der Waals surface area contributed by atoms with Crippen molar-refractivity contribution in [1.29, 1.82) is 0 Å². The SMILES string of the molecule is O=C(c1ccccc1)N1CCCCC1c1nc(-c2ccccc2)n[nH]1. The monoisotopic (exact) mass is 332 g/mol. The van der Waals surface area contributed by atoms with Crippen molar-refractivity contribution in [2.45, 2.75) is 25.3 Å². The third-order valence-corrected chi connectivity index (χ3v) is 4.63. The van der Waals surface area contributed by atoms with Gasteiger partial charge in [0, 0.05) is 17.7 Å². The van der Waals surface area contributed by atoms with Gasteiger partial charge in [-0.15, -0.1) is 0 Å². The van der Waals surface area contributed by atoms with E-state index in [0.29, 0.717) is 5.82 Å². The Balaban J connectivity index is 1.62. The summed E-state index contributed by atoms with van der Waals surface area (Å²) in [5.41, 5.74) is 1.69. The van der Waals surface area contributed by atoms with Crippen LogP contribution in [0.3, 0.4) is 0 Å². The summed E-state index contributed by atoms with van der Waals surface area (Å²) in [6.07, 6.45) is 3.02. The van der Waals surface area contributed by atoms with Crippen LogP contribution in [-0.4, -0.2) is 32.5 Å². The maximum atomic E-state index is 12.9. The largest absolute Gasteiger partial charge is 0.328 e. The van der Waals surface area contributed by atoms with Crippen molar-refractivity contribution in [3.8, 4) is 11.4 Å². The molecule has 3 aromatic rings. The average molecular weight is 332 g/mol. The molecule has 0 aliphatic carbocycles. The molecule has 1 aliphatic rings. The highest BCUT2D eigenvalue weighted by Crippen LogP contribution is 2.31. The molecule has 1 saturated heterocycles. The number of carbonyl (C=O) groups is 1. The van der Waals surface area contributed by atoms with E-state index in [1.807, 2.05) is 65.6 Å². The van der Waals surface area contributed by atoms with E-state index in [9.17, 15) is 4.79 Å². The zero-order chi connectivity index (χ0) is 17.1. The molecule has 4 rings (SSSR count). The molecule has 1 N–H and O–H groups in total. The van der Waals surface area contributed by atoms with Crippen molar-refractivity contribution in [3.05, 3.63) is 72.1 Å². The first-order valence-electron chi connectivity index (χ1n) is 8.66. The van der Waals surface area contributed by atoms with Crippen LogP contribution in [0, 0.1) is 0 Å². The number of hydrogen-bond donors (Lipinski definition) is 1. The summed E-state index contributed by atoms with van der Waals surface area (Å²) < 4.78 is 0. The Labute approximate surface area is 146 Å². The fourth-order valence-corrected chi connectivity index (χ4v) is 3.35. The molecule has 1 aliphatic heterocycles. The zero-order valence-corrected chi connectivity index (χ0v) is 13.9. The van der Waals surface area contributed by atoms with Gasteiger partial charge in [0.2, 0.25) is 0 Å². The van der Waals surface area contributed by atoms with Crippen molar-refractivity contribution >= 4 is 5.91 Å². The van der Waals surface area contributed by atoms with Gasteiger partial charge in [-0.05, 0) is 31.4 Å². The maximum absolute atomic E-state index is 12.9. The molecule has 0 bridgehead atoms. The van der Waals surface area contributed by atoms with Crippen LogP contribution in [0.25, 0.3) is 11.4 Å². The molecule has 25 heavy (non-hydrogen) atoms. The molecule has 0 spiro atoms. The van der Waals surface area contributed by atoms with Crippen LogP contribution < -0.4 is 0 Å². The second-order valence-electron chi connectivity index (χ2n) is 6.29. The Morgan fingerprint density at radius 3 is 2.48 bits per heavy atom. The lowest BCUT2D eigenvalue weighted by molar-refractivity contribution is 0.0600. The van der Waals surface area contributed by atoms with Gasteiger partial charge in [-0.2, -0.15) is 5.10 Å². The summed E-state index contributed by atoms with van der Waals surface area (Å²) in [4.78, 5) is 19.5. The van der Waals surface area contributed by atoms with Gasteiger partial charge < -0.3 is 4.90 Å². The zero-order valence-electron chi connectivity index (χ0n) is 13.9. The Kier molecular flexibility index (Phi) is 4.29. The lowest BCUT2D eigenvalue weighted by Crippen LogP contribution is -2.39. The molecular formula is C20H20N4O. The van der Waals surface area contributed by atoms with Gasteiger partial charge >= 0.3 is 0 Å². The van der Waals surface area contributed by atoms with Crippen molar-refractivity contribution in [2.24, 2.45) is 0 Å². The number of benzene rings is 2. The van der Waals surface area contributed by atoms with E-state index < -0.39 is 0 Å². The second-order valence-corrected chi connectivity index (χ2v) is 6.29. The Hall–Kier alpha value is -2.95. The predicted octanol–water partition coefficient (Wildman–Crippen LogP) is 3.84. The van der Waals surface area contributed by atoms with Crippen LogP contribution in [0.15, 0.2) is 60.7 Å². The van der Waals surface area contributed by atoms with Gasteiger partial charge in [-0.1, -0.05) is 48.5 Å². The number of nitrogens with zero attached hydrogens (tertiary/aromatic N) is 3.